The Morgan fingerprint density at radius 1 is 1.45 bits per heavy atom. The average Bonchev–Trinajstić information content (AvgIpc) is 2.43. The van der Waals surface area contributed by atoms with Crippen LogP contribution in [0.2, 0.25) is 0 Å². The minimum Gasteiger partial charge on any atom is -0.329 e. The Morgan fingerprint density at radius 3 is 2.70 bits per heavy atom. The quantitative estimate of drug-likeness (QED) is 0.801. The first kappa shape index (κ1) is 18.9. The van der Waals surface area contributed by atoms with Crippen molar-refractivity contribution in [1.82, 2.24) is 4.72 Å². The molecule has 1 atom stereocenters. The van der Waals surface area contributed by atoms with E-state index in [1.54, 1.807) is 12.1 Å². The SMILES string of the molecule is CCCCC(CN)NS(=O)(=O)c1cccc(C#N)c1.Cl. The Hall–Kier alpha value is -1.13. The van der Waals surface area contributed by atoms with Crippen molar-refractivity contribution in [2.24, 2.45) is 5.73 Å². The fraction of sp³-hybridized carbons (Fsp3) is 0.462. The van der Waals surface area contributed by atoms with Crippen molar-refractivity contribution in [2.75, 3.05) is 6.54 Å². The lowest BCUT2D eigenvalue weighted by atomic mass is 10.1. The van der Waals surface area contributed by atoms with Gasteiger partial charge in [-0.25, -0.2) is 13.1 Å². The van der Waals surface area contributed by atoms with E-state index in [1.807, 2.05) is 13.0 Å². The molecule has 0 saturated heterocycles. The maximum absolute atomic E-state index is 12.2. The summed E-state index contributed by atoms with van der Waals surface area (Å²) in [7, 11) is -3.62. The van der Waals surface area contributed by atoms with Gasteiger partial charge in [0.25, 0.3) is 0 Å². The van der Waals surface area contributed by atoms with Crippen LogP contribution in [0.3, 0.4) is 0 Å². The van der Waals surface area contributed by atoms with Gasteiger partial charge in [0.2, 0.25) is 10.0 Å². The predicted octanol–water partition coefficient (Wildman–Crippen LogP) is 1.78. The van der Waals surface area contributed by atoms with E-state index in [0.29, 0.717) is 12.0 Å². The van der Waals surface area contributed by atoms with E-state index in [9.17, 15) is 8.42 Å². The molecule has 7 heteroatoms. The Bertz CT molecular complexity index is 555. The molecular weight excluding hydrogens is 298 g/mol. The topological polar surface area (TPSA) is 96.0 Å². The summed E-state index contributed by atoms with van der Waals surface area (Å²) in [5, 5.41) is 8.79. The second kappa shape index (κ2) is 8.93. The van der Waals surface area contributed by atoms with Crippen molar-refractivity contribution in [3.05, 3.63) is 29.8 Å². The van der Waals surface area contributed by atoms with Gasteiger partial charge in [-0.1, -0.05) is 25.8 Å². The predicted molar refractivity (Wildman–Crippen MR) is 81.1 cm³/mol. The highest BCUT2D eigenvalue weighted by molar-refractivity contribution is 7.89. The zero-order chi connectivity index (χ0) is 14.3. The number of nitrogens with two attached hydrogens (primary N) is 1. The molecule has 0 radical (unpaired) electrons. The molecule has 0 fully saturated rings. The molecule has 1 rings (SSSR count). The van der Waals surface area contributed by atoms with E-state index in [1.165, 1.54) is 12.1 Å². The molecule has 112 valence electrons. The fourth-order valence-corrected chi connectivity index (χ4v) is 3.02. The van der Waals surface area contributed by atoms with Crippen LogP contribution in [0.25, 0.3) is 0 Å². The van der Waals surface area contributed by atoms with Crippen molar-refractivity contribution in [1.29, 1.82) is 5.26 Å². The summed E-state index contributed by atoms with van der Waals surface area (Å²) in [6.45, 7) is 2.30. The zero-order valence-electron chi connectivity index (χ0n) is 11.4. The smallest absolute Gasteiger partial charge is 0.240 e. The van der Waals surface area contributed by atoms with Crippen LogP contribution in [0.5, 0.6) is 0 Å². The van der Waals surface area contributed by atoms with E-state index in [-0.39, 0.29) is 29.9 Å². The molecule has 0 heterocycles. The highest BCUT2D eigenvalue weighted by Crippen LogP contribution is 2.12. The first-order valence-corrected chi connectivity index (χ1v) is 7.74. The largest absolute Gasteiger partial charge is 0.329 e. The summed E-state index contributed by atoms with van der Waals surface area (Å²) in [6.07, 6.45) is 2.62. The molecule has 0 amide bonds. The van der Waals surface area contributed by atoms with Crippen LogP contribution in [0.4, 0.5) is 0 Å². The molecule has 0 aliphatic carbocycles. The van der Waals surface area contributed by atoms with E-state index in [4.69, 9.17) is 11.0 Å². The summed E-state index contributed by atoms with van der Waals surface area (Å²) < 4.78 is 26.9. The second-order valence-electron chi connectivity index (χ2n) is 4.34. The van der Waals surface area contributed by atoms with Gasteiger partial charge in [0.1, 0.15) is 0 Å². The number of hydrogen-bond donors (Lipinski definition) is 2. The van der Waals surface area contributed by atoms with Crippen molar-refractivity contribution < 1.29 is 8.42 Å². The van der Waals surface area contributed by atoms with E-state index in [2.05, 4.69) is 4.72 Å². The third kappa shape index (κ3) is 5.47. The first-order valence-electron chi connectivity index (χ1n) is 6.26. The van der Waals surface area contributed by atoms with Crippen LogP contribution >= 0.6 is 12.4 Å². The number of sulfonamides is 1. The lowest BCUT2D eigenvalue weighted by Crippen LogP contribution is -2.40. The number of unbranched alkanes of at least 4 members (excludes halogenated alkanes) is 1. The van der Waals surface area contributed by atoms with Gasteiger partial charge in [-0.2, -0.15) is 5.26 Å². The van der Waals surface area contributed by atoms with E-state index >= 15 is 0 Å². The molecule has 0 aromatic heterocycles. The summed E-state index contributed by atoms with van der Waals surface area (Å²) in [6, 6.07) is 7.60. The highest BCUT2D eigenvalue weighted by atomic mass is 35.5. The normalized spacial score (nSPS) is 12.2. The third-order valence-electron chi connectivity index (χ3n) is 2.79. The van der Waals surface area contributed by atoms with Gasteiger partial charge in [-0.3, -0.25) is 0 Å². The summed E-state index contributed by atoms with van der Waals surface area (Å²) >= 11 is 0. The number of nitrogens with zero attached hydrogens (tertiary/aromatic N) is 1. The van der Waals surface area contributed by atoms with Crippen molar-refractivity contribution in [3.63, 3.8) is 0 Å². The van der Waals surface area contributed by atoms with Crippen LogP contribution in [0, 0.1) is 11.3 Å². The molecule has 3 N–H and O–H groups in total. The molecular formula is C13H20ClN3O2S. The van der Waals surface area contributed by atoms with Crippen molar-refractivity contribution in [3.8, 4) is 6.07 Å². The lowest BCUT2D eigenvalue weighted by molar-refractivity contribution is 0.516. The van der Waals surface area contributed by atoms with Gasteiger partial charge in [0.05, 0.1) is 16.5 Å². The highest BCUT2D eigenvalue weighted by Gasteiger charge is 2.19. The lowest BCUT2D eigenvalue weighted by Gasteiger charge is -2.16. The summed E-state index contributed by atoms with van der Waals surface area (Å²) in [5.74, 6) is 0. The second-order valence-corrected chi connectivity index (χ2v) is 6.05. The number of nitriles is 1. The van der Waals surface area contributed by atoms with Crippen molar-refractivity contribution >= 4 is 22.4 Å². The standard InChI is InChI=1S/C13H19N3O2S.ClH/c1-2-3-6-12(10-15)16-19(17,18)13-7-4-5-11(8-13)9-14;/h4-5,7-8,12,16H,2-3,6,10,15H2,1H3;1H. The number of nitrogens with one attached hydrogen (secondary N) is 1. The van der Waals surface area contributed by atoms with Gasteiger partial charge < -0.3 is 5.73 Å². The average molecular weight is 318 g/mol. The van der Waals surface area contributed by atoms with Gasteiger partial charge in [0.15, 0.2) is 0 Å². The Balaban J connectivity index is 0.00000361. The van der Waals surface area contributed by atoms with Crippen LogP contribution in [-0.2, 0) is 10.0 Å². The molecule has 20 heavy (non-hydrogen) atoms. The maximum atomic E-state index is 12.2. The number of rotatable bonds is 7. The number of halogens is 1. The van der Waals surface area contributed by atoms with Crippen LogP contribution in [0.1, 0.15) is 31.7 Å². The van der Waals surface area contributed by atoms with Crippen molar-refractivity contribution in [2.45, 2.75) is 37.1 Å². The Kier molecular flexibility index (Phi) is 8.42. The van der Waals surface area contributed by atoms with Gasteiger partial charge in [-0.05, 0) is 24.6 Å². The van der Waals surface area contributed by atoms with Gasteiger partial charge in [-0.15, -0.1) is 12.4 Å². The molecule has 0 aliphatic rings. The number of benzene rings is 1. The molecule has 1 aromatic rings. The van der Waals surface area contributed by atoms with Gasteiger partial charge >= 0.3 is 0 Å². The monoisotopic (exact) mass is 317 g/mol. The molecule has 0 saturated carbocycles. The Morgan fingerprint density at radius 2 is 2.15 bits per heavy atom. The number of hydrogen-bond acceptors (Lipinski definition) is 4. The first-order chi connectivity index (χ1) is 9.03. The van der Waals surface area contributed by atoms with Crippen LogP contribution in [-0.4, -0.2) is 21.0 Å². The van der Waals surface area contributed by atoms with E-state index in [0.717, 1.165) is 12.8 Å². The van der Waals surface area contributed by atoms with E-state index < -0.39 is 10.0 Å². The summed E-state index contributed by atoms with van der Waals surface area (Å²) in [4.78, 5) is 0.0986. The fourth-order valence-electron chi connectivity index (χ4n) is 1.70. The van der Waals surface area contributed by atoms with Gasteiger partial charge in [0, 0.05) is 12.6 Å². The van der Waals surface area contributed by atoms with Crippen LogP contribution in [0.15, 0.2) is 29.2 Å². The minimum absolute atomic E-state index is 0. The summed E-state index contributed by atoms with van der Waals surface area (Å²) in [5.41, 5.74) is 5.90. The zero-order valence-corrected chi connectivity index (χ0v) is 13.0. The maximum Gasteiger partial charge on any atom is 0.240 e. The molecule has 0 spiro atoms. The minimum atomic E-state index is -3.62. The van der Waals surface area contributed by atoms with Crippen LogP contribution < -0.4 is 10.5 Å². The molecule has 0 aliphatic heterocycles. The Labute approximate surface area is 126 Å². The molecule has 5 nitrogen and oxygen atoms in total. The molecule has 1 aromatic carbocycles. The molecule has 1 unspecified atom stereocenters. The third-order valence-corrected chi connectivity index (χ3v) is 4.30. The molecule has 0 bridgehead atoms.